The fourth-order valence-corrected chi connectivity index (χ4v) is 3.18. The maximum atomic E-state index is 9.99. The number of aromatic hydroxyl groups is 1. The van der Waals surface area contributed by atoms with E-state index in [4.69, 9.17) is 0 Å². The highest BCUT2D eigenvalue weighted by Crippen LogP contribution is 2.42. The van der Waals surface area contributed by atoms with Crippen LogP contribution in [0.25, 0.3) is 0 Å². The maximum absolute atomic E-state index is 9.99. The van der Waals surface area contributed by atoms with Crippen LogP contribution in [0.3, 0.4) is 0 Å². The number of nitrogens with zero attached hydrogens (tertiary/aromatic N) is 1. The van der Waals surface area contributed by atoms with E-state index in [-0.39, 0.29) is 0 Å². The molecule has 1 aromatic heterocycles. The van der Waals surface area contributed by atoms with Gasteiger partial charge in [-0.1, -0.05) is 0 Å². The zero-order chi connectivity index (χ0) is 12.7. The van der Waals surface area contributed by atoms with Crippen molar-refractivity contribution in [3.8, 4) is 5.75 Å². The van der Waals surface area contributed by atoms with Gasteiger partial charge in [0.25, 0.3) is 0 Å². The smallest absolute Gasteiger partial charge is 0.119 e. The van der Waals surface area contributed by atoms with Gasteiger partial charge in [-0.05, 0) is 67.3 Å². The van der Waals surface area contributed by atoms with Gasteiger partial charge >= 0.3 is 0 Å². The molecule has 1 aliphatic rings. The van der Waals surface area contributed by atoms with E-state index in [2.05, 4.69) is 16.9 Å². The van der Waals surface area contributed by atoms with Crippen molar-refractivity contribution in [2.75, 3.05) is 0 Å². The summed E-state index contributed by atoms with van der Waals surface area (Å²) in [5, 5.41) is 9.99. The topological polar surface area (TPSA) is 48.9 Å². The van der Waals surface area contributed by atoms with E-state index in [1.54, 1.807) is 6.33 Å². The normalized spacial score (nSPS) is 18.0. The van der Waals surface area contributed by atoms with Gasteiger partial charge in [-0.3, -0.25) is 0 Å². The van der Waals surface area contributed by atoms with Crippen molar-refractivity contribution in [3.63, 3.8) is 0 Å². The number of fused-ring (bicyclic) bond motifs is 1. The molecule has 0 radical (unpaired) electrons. The summed E-state index contributed by atoms with van der Waals surface area (Å²) in [4.78, 5) is 7.31. The number of nitrogens with one attached hydrogen (secondary N) is 1. The van der Waals surface area contributed by atoms with Gasteiger partial charge in [0.15, 0.2) is 0 Å². The average molecular weight is 242 g/mol. The largest absolute Gasteiger partial charge is 0.508 e. The predicted molar refractivity (Wildman–Crippen MR) is 70.9 cm³/mol. The van der Waals surface area contributed by atoms with Crippen LogP contribution in [0.4, 0.5) is 0 Å². The first-order valence-electron chi connectivity index (χ1n) is 6.46. The van der Waals surface area contributed by atoms with Crippen LogP contribution < -0.4 is 0 Å². The maximum Gasteiger partial charge on any atom is 0.119 e. The van der Waals surface area contributed by atoms with Gasteiger partial charge in [-0.2, -0.15) is 0 Å². The summed E-state index contributed by atoms with van der Waals surface area (Å²) in [5.74, 6) is 0.925. The number of phenolic OH excluding ortho intramolecular Hbond substituents is 1. The Labute approximate surface area is 107 Å². The van der Waals surface area contributed by atoms with Crippen molar-refractivity contribution in [3.05, 3.63) is 46.5 Å². The lowest BCUT2D eigenvalue weighted by Gasteiger charge is -2.15. The number of aromatic amines is 1. The minimum absolute atomic E-state index is 0.431. The molecule has 0 amide bonds. The third-order valence-corrected chi connectivity index (χ3v) is 4.10. The average Bonchev–Trinajstić information content (AvgIpc) is 2.96. The molecule has 2 N–H and O–H groups in total. The van der Waals surface area contributed by atoms with Crippen LogP contribution in [0.2, 0.25) is 0 Å². The highest BCUT2D eigenvalue weighted by atomic mass is 16.3. The van der Waals surface area contributed by atoms with Crippen molar-refractivity contribution in [2.45, 2.75) is 39.0 Å². The van der Waals surface area contributed by atoms with Crippen molar-refractivity contribution < 1.29 is 5.11 Å². The summed E-state index contributed by atoms with van der Waals surface area (Å²) in [6, 6.07) is 1.89. The predicted octanol–water partition coefficient (Wildman–Crippen LogP) is 3.00. The number of hydrogen-bond acceptors (Lipinski definition) is 2. The minimum Gasteiger partial charge on any atom is -0.508 e. The lowest BCUT2D eigenvalue weighted by atomic mass is 9.91. The van der Waals surface area contributed by atoms with Gasteiger partial charge in [0, 0.05) is 6.20 Å². The first-order valence-corrected chi connectivity index (χ1v) is 6.46. The van der Waals surface area contributed by atoms with Gasteiger partial charge in [0.05, 0.1) is 12.0 Å². The monoisotopic (exact) mass is 242 g/mol. The third kappa shape index (κ3) is 1.70. The first-order chi connectivity index (χ1) is 8.66. The molecule has 0 saturated carbocycles. The highest BCUT2D eigenvalue weighted by Gasteiger charge is 2.27. The second kappa shape index (κ2) is 4.16. The molecular formula is C15H18N2O. The highest BCUT2D eigenvalue weighted by molar-refractivity contribution is 5.52. The fourth-order valence-electron chi connectivity index (χ4n) is 3.18. The molecule has 1 heterocycles. The molecule has 1 atom stereocenters. The Balaban J connectivity index is 2.00. The molecule has 3 nitrogen and oxygen atoms in total. The lowest BCUT2D eigenvalue weighted by Crippen LogP contribution is -2.02. The third-order valence-electron chi connectivity index (χ3n) is 4.10. The van der Waals surface area contributed by atoms with Gasteiger partial charge in [0.2, 0.25) is 0 Å². The van der Waals surface area contributed by atoms with Gasteiger partial charge in [-0.15, -0.1) is 0 Å². The molecule has 3 heteroatoms. The zero-order valence-electron chi connectivity index (χ0n) is 10.8. The van der Waals surface area contributed by atoms with Gasteiger partial charge in [-0.25, -0.2) is 4.98 Å². The fraction of sp³-hybridized carbons (Fsp3) is 0.400. The lowest BCUT2D eigenvalue weighted by molar-refractivity contribution is 0.468. The van der Waals surface area contributed by atoms with Crippen molar-refractivity contribution in [1.29, 1.82) is 0 Å². The van der Waals surface area contributed by atoms with Crippen LogP contribution in [0, 0.1) is 13.8 Å². The van der Waals surface area contributed by atoms with Gasteiger partial charge in [0.1, 0.15) is 5.75 Å². The molecule has 1 unspecified atom stereocenters. The second-order valence-electron chi connectivity index (χ2n) is 5.23. The van der Waals surface area contributed by atoms with E-state index >= 15 is 0 Å². The number of imidazole rings is 1. The van der Waals surface area contributed by atoms with Crippen molar-refractivity contribution >= 4 is 0 Å². The summed E-state index contributed by atoms with van der Waals surface area (Å²) in [7, 11) is 0. The molecule has 3 rings (SSSR count). The Kier molecular flexibility index (Phi) is 2.62. The Hall–Kier alpha value is -1.77. The quantitative estimate of drug-likeness (QED) is 0.850. The number of rotatable bonds is 2. The van der Waals surface area contributed by atoms with E-state index in [1.165, 1.54) is 16.7 Å². The minimum atomic E-state index is 0.431. The Morgan fingerprint density at radius 2 is 2.28 bits per heavy atom. The number of benzene rings is 1. The summed E-state index contributed by atoms with van der Waals surface area (Å²) >= 11 is 0. The molecule has 0 fully saturated rings. The number of aryl methyl sites for hydroxylation is 1. The molecule has 0 aliphatic heterocycles. The summed E-state index contributed by atoms with van der Waals surface area (Å²) in [6.45, 7) is 4.12. The number of hydrogen-bond donors (Lipinski definition) is 2. The Morgan fingerprint density at radius 3 is 3.00 bits per heavy atom. The standard InChI is InChI=1S/C15H18N2O/c1-9-5-14(18)10(2)15-11(3-4-13(9)15)6-12-7-16-8-17-12/h5,7-8,11,18H,3-4,6H2,1-2H3,(H,16,17). The van der Waals surface area contributed by atoms with Crippen LogP contribution in [0.15, 0.2) is 18.6 Å². The van der Waals surface area contributed by atoms with E-state index in [9.17, 15) is 5.11 Å². The van der Waals surface area contributed by atoms with Crippen LogP contribution in [0.1, 0.15) is 40.3 Å². The zero-order valence-corrected chi connectivity index (χ0v) is 10.8. The number of phenols is 1. The van der Waals surface area contributed by atoms with Crippen LogP contribution >= 0.6 is 0 Å². The first kappa shape index (κ1) is 11.3. The van der Waals surface area contributed by atoms with E-state index in [1.807, 2.05) is 19.2 Å². The summed E-state index contributed by atoms with van der Waals surface area (Å²) < 4.78 is 0. The SMILES string of the molecule is Cc1cc(O)c(C)c2c1CCC2Cc1c[nH]cn1. The van der Waals surface area contributed by atoms with Crippen molar-refractivity contribution in [1.82, 2.24) is 9.97 Å². The molecule has 94 valence electrons. The molecule has 0 spiro atoms. The van der Waals surface area contributed by atoms with Crippen LogP contribution in [0.5, 0.6) is 5.75 Å². The molecule has 0 bridgehead atoms. The van der Waals surface area contributed by atoms with E-state index < -0.39 is 0 Å². The van der Waals surface area contributed by atoms with E-state index in [0.29, 0.717) is 11.7 Å². The molecule has 0 saturated heterocycles. The van der Waals surface area contributed by atoms with Gasteiger partial charge < -0.3 is 10.1 Å². The van der Waals surface area contributed by atoms with Crippen LogP contribution in [-0.2, 0) is 12.8 Å². The van der Waals surface area contributed by atoms with Crippen LogP contribution in [-0.4, -0.2) is 15.1 Å². The molecule has 18 heavy (non-hydrogen) atoms. The molecular weight excluding hydrogens is 224 g/mol. The molecule has 2 aromatic rings. The molecule has 1 aliphatic carbocycles. The summed E-state index contributed by atoms with van der Waals surface area (Å²) in [5.41, 5.74) is 6.17. The molecule has 1 aromatic carbocycles. The van der Waals surface area contributed by atoms with E-state index in [0.717, 1.165) is 30.5 Å². The number of H-pyrrole nitrogens is 1. The Bertz CT molecular complexity index is 573. The number of aromatic nitrogens is 2. The second-order valence-corrected chi connectivity index (χ2v) is 5.23. The Morgan fingerprint density at radius 1 is 1.44 bits per heavy atom. The summed E-state index contributed by atoms with van der Waals surface area (Å²) in [6.07, 6.45) is 6.93. The van der Waals surface area contributed by atoms with Crippen molar-refractivity contribution in [2.24, 2.45) is 0 Å².